The molecule has 2 N–H and O–H groups in total. The van der Waals surface area contributed by atoms with E-state index < -0.39 is 0 Å². The lowest BCUT2D eigenvalue weighted by molar-refractivity contribution is -0.116. The standard InChI is InChI=1S/C11H14N4O2S/c1-8-7-18-11(17)15(8)6-2-3-10(16)13-9-4-5-12-14-9/h4-5,7H,2-3,6H2,1H3,(H2,12,13,14,16). The molecule has 0 radical (unpaired) electrons. The summed E-state index contributed by atoms with van der Waals surface area (Å²) in [7, 11) is 0. The number of amides is 1. The van der Waals surface area contributed by atoms with E-state index in [2.05, 4.69) is 15.5 Å². The third kappa shape index (κ3) is 3.07. The number of nitrogens with zero attached hydrogens (tertiary/aromatic N) is 2. The van der Waals surface area contributed by atoms with Crippen molar-refractivity contribution in [3.8, 4) is 0 Å². The average molecular weight is 266 g/mol. The molecule has 0 aliphatic rings. The second-order valence-corrected chi connectivity index (χ2v) is 4.74. The number of carbonyl (C=O) groups is 1. The Labute approximate surface area is 108 Å². The van der Waals surface area contributed by atoms with Crippen LogP contribution in [0.1, 0.15) is 18.5 Å². The Hall–Kier alpha value is -1.89. The SMILES string of the molecule is Cc1csc(=O)n1CCCC(=O)Nc1ccn[nH]1. The van der Waals surface area contributed by atoms with Crippen molar-refractivity contribution in [2.24, 2.45) is 0 Å². The zero-order valence-corrected chi connectivity index (χ0v) is 10.8. The number of aromatic amines is 1. The van der Waals surface area contributed by atoms with E-state index in [1.54, 1.807) is 16.8 Å². The van der Waals surface area contributed by atoms with Gasteiger partial charge in [-0.25, -0.2) is 0 Å². The van der Waals surface area contributed by atoms with Gasteiger partial charge in [-0.3, -0.25) is 14.7 Å². The summed E-state index contributed by atoms with van der Waals surface area (Å²) < 4.78 is 1.69. The van der Waals surface area contributed by atoms with Gasteiger partial charge in [0, 0.05) is 30.1 Å². The van der Waals surface area contributed by atoms with Crippen molar-refractivity contribution < 1.29 is 4.79 Å². The van der Waals surface area contributed by atoms with E-state index in [1.165, 1.54) is 11.3 Å². The highest BCUT2D eigenvalue weighted by atomic mass is 32.1. The van der Waals surface area contributed by atoms with Gasteiger partial charge in [-0.1, -0.05) is 11.3 Å². The Morgan fingerprint density at radius 1 is 1.61 bits per heavy atom. The number of anilines is 1. The molecule has 0 fully saturated rings. The van der Waals surface area contributed by atoms with Gasteiger partial charge in [-0.15, -0.1) is 0 Å². The molecule has 18 heavy (non-hydrogen) atoms. The minimum Gasteiger partial charge on any atom is -0.311 e. The van der Waals surface area contributed by atoms with Crippen molar-refractivity contribution in [2.75, 3.05) is 5.32 Å². The number of aryl methyl sites for hydroxylation is 1. The second-order valence-electron chi connectivity index (χ2n) is 3.92. The summed E-state index contributed by atoms with van der Waals surface area (Å²) in [6, 6.07) is 1.69. The van der Waals surface area contributed by atoms with Gasteiger partial charge in [-0.05, 0) is 13.3 Å². The minimum atomic E-state index is -0.0832. The molecular weight excluding hydrogens is 252 g/mol. The first kappa shape index (κ1) is 12.6. The maximum Gasteiger partial charge on any atom is 0.307 e. The van der Waals surface area contributed by atoms with Gasteiger partial charge in [0.05, 0.1) is 6.20 Å². The number of rotatable bonds is 5. The van der Waals surface area contributed by atoms with Crippen LogP contribution in [0.25, 0.3) is 0 Å². The van der Waals surface area contributed by atoms with E-state index in [0.29, 0.717) is 25.2 Å². The van der Waals surface area contributed by atoms with E-state index in [0.717, 1.165) is 5.69 Å². The fourth-order valence-corrected chi connectivity index (χ4v) is 2.37. The largest absolute Gasteiger partial charge is 0.311 e. The molecule has 7 heteroatoms. The van der Waals surface area contributed by atoms with Crippen molar-refractivity contribution in [3.05, 3.63) is 33.0 Å². The van der Waals surface area contributed by atoms with Gasteiger partial charge in [-0.2, -0.15) is 5.10 Å². The van der Waals surface area contributed by atoms with E-state index >= 15 is 0 Å². The number of hydrogen-bond acceptors (Lipinski definition) is 4. The molecule has 2 heterocycles. The van der Waals surface area contributed by atoms with Gasteiger partial charge in [0.1, 0.15) is 5.82 Å². The molecule has 6 nitrogen and oxygen atoms in total. The highest BCUT2D eigenvalue weighted by Crippen LogP contribution is 2.04. The lowest BCUT2D eigenvalue weighted by Gasteiger charge is -2.04. The molecule has 0 atom stereocenters. The first-order chi connectivity index (χ1) is 8.66. The summed E-state index contributed by atoms with van der Waals surface area (Å²) in [5.74, 6) is 0.504. The number of nitrogens with one attached hydrogen (secondary N) is 2. The summed E-state index contributed by atoms with van der Waals surface area (Å²) in [6.07, 6.45) is 2.59. The normalized spacial score (nSPS) is 10.5. The molecule has 2 rings (SSSR count). The van der Waals surface area contributed by atoms with Crippen molar-refractivity contribution >= 4 is 23.1 Å². The third-order valence-corrected chi connectivity index (χ3v) is 3.42. The molecule has 2 aromatic heterocycles. The molecular formula is C11H14N4O2S. The molecule has 0 saturated carbocycles. The number of aromatic nitrogens is 3. The molecule has 1 amide bonds. The smallest absolute Gasteiger partial charge is 0.307 e. The molecule has 0 aliphatic carbocycles. The van der Waals surface area contributed by atoms with Crippen molar-refractivity contribution in [1.82, 2.24) is 14.8 Å². The van der Waals surface area contributed by atoms with E-state index in [1.807, 2.05) is 12.3 Å². The summed E-state index contributed by atoms with van der Waals surface area (Å²) in [5, 5.41) is 10.9. The van der Waals surface area contributed by atoms with Crippen molar-refractivity contribution in [2.45, 2.75) is 26.3 Å². The maximum atomic E-state index is 11.6. The van der Waals surface area contributed by atoms with Crippen molar-refractivity contribution in [3.63, 3.8) is 0 Å². The summed E-state index contributed by atoms with van der Waals surface area (Å²) in [6.45, 7) is 2.47. The van der Waals surface area contributed by atoms with E-state index in [4.69, 9.17) is 0 Å². The van der Waals surface area contributed by atoms with Crippen LogP contribution in [0.15, 0.2) is 22.4 Å². The quantitative estimate of drug-likeness (QED) is 0.857. The molecule has 2 aromatic rings. The zero-order chi connectivity index (χ0) is 13.0. The van der Waals surface area contributed by atoms with Gasteiger partial charge in [0.15, 0.2) is 0 Å². The highest BCUT2D eigenvalue weighted by Gasteiger charge is 2.05. The van der Waals surface area contributed by atoms with Crippen LogP contribution in [-0.4, -0.2) is 20.7 Å². The predicted octanol–water partition coefficient (Wildman–Crippen LogP) is 1.36. The second kappa shape index (κ2) is 5.63. The molecule has 96 valence electrons. The average Bonchev–Trinajstić information content (AvgIpc) is 2.93. The van der Waals surface area contributed by atoms with Crippen LogP contribution in [0.2, 0.25) is 0 Å². The van der Waals surface area contributed by atoms with Gasteiger partial charge >= 0.3 is 4.87 Å². The first-order valence-corrected chi connectivity index (χ1v) is 6.49. The topological polar surface area (TPSA) is 79.8 Å². The van der Waals surface area contributed by atoms with E-state index in [-0.39, 0.29) is 10.8 Å². The monoisotopic (exact) mass is 266 g/mol. The highest BCUT2D eigenvalue weighted by molar-refractivity contribution is 7.07. The van der Waals surface area contributed by atoms with Gasteiger partial charge in [0.25, 0.3) is 0 Å². The Morgan fingerprint density at radius 3 is 3.06 bits per heavy atom. The lowest BCUT2D eigenvalue weighted by atomic mass is 10.3. The van der Waals surface area contributed by atoms with Crippen LogP contribution in [-0.2, 0) is 11.3 Å². The summed E-state index contributed by atoms with van der Waals surface area (Å²) in [4.78, 5) is 23.0. The van der Waals surface area contributed by atoms with Crippen LogP contribution in [0.4, 0.5) is 5.82 Å². The van der Waals surface area contributed by atoms with Crippen LogP contribution in [0.3, 0.4) is 0 Å². The molecule has 0 spiro atoms. The van der Waals surface area contributed by atoms with Crippen LogP contribution in [0, 0.1) is 6.92 Å². The van der Waals surface area contributed by atoms with Gasteiger partial charge in [0.2, 0.25) is 5.91 Å². The third-order valence-electron chi connectivity index (χ3n) is 2.54. The van der Waals surface area contributed by atoms with Crippen molar-refractivity contribution in [1.29, 1.82) is 0 Å². The van der Waals surface area contributed by atoms with E-state index in [9.17, 15) is 9.59 Å². The molecule has 0 saturated heterocycles. The lowest BCUT2D eigenvalue weighted by Crippen LogP contribution is -2.17. The molecule has 0 bridgehead atoms. The summed E-state index contributed by atoms with van der Waals surface area (Å²) in [5.41, 5.74) is 0.943. The Bertz CT molecular complexity index is 570. The minimum absolute atomic E-state index is 0.0291. The Morgan fingerprint density at radius 2 is 2.44 bits per heavy atom. The number of carbonyl (C=O) groups excluding carboxylic acids is 1. The predicted molar refractivity (Wildman–Crippen MR) is 69.8 cm³/mol. The number of thiazole rings is 1. The molecule has 0 aliphatic heterocycles. The van der Waals surface area contributed by atoms with Crippen LogP contribution >= 0.6 is 11.3 Å². The van der Waals surface area contributed by atoms with Crippen LogP contribution < -0.4 is 10.2 Å². The fraction of sp³-hybridized carbons (Fsp3) is 0.364. The zero-order valence-electron chi connectivity index (χ0n) is 9.97. The molecule has 0 unspecified atom stereocenters. The Balaban J connectivity index is 1.79. The van der Waals surface area contributed by atoms with Crippen LogP contribution in [0.5, 0.6) is 0 Å². The first-order valence-electron chi connectivity index (χ1n) is 5.61. The number of hydrogen-bond donors (Lipinski definition) is 2. The van der Waals surface area contributed by atoms with Gasteiger partial charge < -0.3 is 9.88 Å². The maximum absolute atomic E-state index is 11.6. The Kier molecular flexibility index (Phi) is 3.93. The summed E-state index contributed by atoms with van der Waals surface area (Å²) >= 11 is 1.19. The fourth-order valence-electron chi connectivity index (χ4n) is 1.61. The molecule has 0 aromatic carbocycles. The number of H-pyrrole nitrogens is 1.